The monoisotopic (exact) mass is 196 g/mol. The third kappa shape index (κ3) is 1.10. The summed E-state index contributed by atoms with van der Waals surface area (Å²) in [6.45, 7) is 0.782. The molecular weight excluding hydrogens is 176 g/mol. The first-order valence-electron chi connectivity index (χ1n) is 6.05. The van der Waals surface area contributed by atoms with Gasteiger partial charge < -0.3 is 10.2 Å². The van der Waals surface area contributed by atoms with E-state index in [4.69, 9.17) is 0 Å². The number of hydrogen-bond acceptors (Lipinski definition) is 2. The van der Waals surface area contributed by atoms with Gasteiger partial charge in [0.2, 0.25) is 0 Å². The van der Waals surface area contributed by atoms with E-state index in [0.29, 0.717) is 25.0 Å². The molecule has 3 aliphatic rings. The Morgan fingerprint density at radius 2 is 1.57 bits per heavy atom. The molecule has 0 radical (unpaired) electrons. The zero-order chi connectivity index (χ0) is 9.71. The van der Waals surface area contributed by atoms with Gasteiger partial charge in [-0.3, -0.25) is 0 Å². The smallest absolute Gasteiger partial charge is 0.0462 e. The van der Waals surface area contributed by atoms with Crippen LogP contribution in [0.4, 0.5) is 0 Å². The Kier molecular flexibility index (Phi) is 2.10. The molecule has 0 aromatic heterocycles. The molecule has 14 heavy (non-hydrogen) atoms. The Balaban J connectivity index is 1.75. The van der Waals surface area contributed by atoms with Crippen LogP contribution in [0.25, 0.3) is 0 Å². The molecule has 0 aromatic carbocycles. The third-order valence-electron chi connectivity index (χ3n) is 5.20. The fourth-order valence-electron chi connectivity index (χ4n) is 4.68. The maximum atomic E-state index is 9.28. The molecule has 3 rings (SSSR count). The topological polar surface area (TPSA) is 40.5 Å². The van der Waals surface area contributed by atoms with Crippen molar-refractivity contribution in [3.63, 3.8) is 0 Å². The van der Waals surface area contributed by atoms with Gasteiger partial charge in [-0.25, -0.2) is 0 Å². The van der Waals surface area contributed by atoms with Crippen LogP contribution in [0.2, 0.25) is 0 Å². The van der Waals surface area contributed by atoms with Crippen molar-refractivity contribution in [1.29, 1.82) is 0 Å². The second kappa shape index (κ2) is 3.21. The van der Waals surface area contributed by atoms with Gasteiger partial charge in [0.15, 0.2) is 0 Å². The first-order valence-corrected chi connectivity index (χ1v) is 6.05. The normalized spacial score (nSPS) is 55.3. The molecule has 0 aromatic rings. The van der Waals surface area contributed by atoms with Crippen LogP contribution in [-0.2, 0) is 0 Å². The Morgan fingerprint density at radius 3 is 2.29 bits per heavy atom. The lowest BCUT2D eigenvalue weighted by Crippen LogP contribution is -2.26. The molecule has 3 saturated carbocycles. The predicted molar refractivity (Wildman–Crippen MR) is 53.6 cm³/mol. The molecule has 80 valence electrons. The predicted octanol–water partition coefficient (Wildman–Crippen LogP) is 1.27. The van der Waals surface area contributed by atoms with Gasteiger partial charge in [-0.1, -0.05) is 0 Å². The molecule has 2 bridgehead atoms. The molecule has 0 heterocycles. The van der Waals surface area contributed by atoms with Crippen LogP contribution in [0, 0.1) is 35.5 Å². The molecule has 2 N–H and O–H groups in total. The summed E-state index contributed by atoms with van der Waals surface area (Å²) in [6, 6.07) is 0. The van der Waals surface area contributed by atoms with Crippen molar-refractivity contribution in [3.05, 3.63) is 0 Å². The van der Waals surface area contributed by atoms with E-state index in [9.17, 15) is 10.2 Å². The average Bonchev–Trinajstić information content (AvgIpc) is 2.87. The lowest BCUT2D eigenvalue weighted by atomic mass is 9.76. The summed E-state index contributed by atoms with van der Waals surface area (Å²) < 4.78 is 0. The van der Waals surface area contributed by atoms with Crippen molar-refractivity contribution in [2.75, 3.05) is 13.2 Å². The van der Waals surface area contributed by atoms with Crippen LogP contribution in [0.15, 0.2) is 0 Å². The van der Waals surface area contributed by atoms with Crippen LogP contribution < -0.4 is 0 Å². The SMILES string of the molecule is OC[C@@H]1C[C@@H]2[C@@H](C1)[C@@H]1C[C@H](CO)[C@@H]2C1. The standard InChI is InChI=1S/C12H20O2/c13-5-7-1-10-8-3-9(6-14)11(4-8)12(10)2-7/h7-14H,1-6H2/t7-,8+,9+,10-,11-,12+/m0/s1. The van der Waals surface area contributed by atoms with Crippen molar-refractivity contribution < 1.29 is 10.2 Å². The van der Waals surface area contributed by atoms with Crippen molar-refractivity contribution in [2.24, 2.45) is 35.5 Å². The van der Waals surface area contributed by atoms with Crippen LogP contribution in [-0.4, -0.2) is 23.4 Å². The molecule has 3 fully saturated rings. The van der Waals surface area contributed by atoms with E-state index >= 15 is 0 Å². The van der Waals surface area contributed by atoms with Gasteiger partial charge in [-0.15, -0.1) is 0 Å². The zero-order valence-corrected chi connectivity index (χ0v) is 8.60. The Labute approximate surface area is 85.3 Å². The summed E-state index contributed by atoms with van der Waals surface area (Å²) in [6.07, 6.45) is 5.14. The summed E-state index contributed by atoms with van der Waals surface area (Å²) in [7, 11) is 0. The quantitative estimate of drug-likeness (QED) is 0.698. The van der Waals surface area contributed by atoms with E-state index < -0.39 is 0 Å². The minimum Gasteiger partial charge on any atom is -0.396 e. The Bertz CT molecular complexity index is 226. The first kappa shape index (κ1) is 9.17. The third-order valence-corrected chi connectivity index (χ3v) is 5.20. The lowest BCUT2D eigenvalue weighted by Gasteiger charge is -2.30. The molecule has 0 spiro atoms. The summed E-state index contributed by atoms with van der Waals surface area (Å²) in [4.78, 5) is 0. The fourth-order valence-corrected chi connectivity index (χ4v) is 4.68. The van der Waals surface area contributed by atoms with E-state index in [1.165, 1.54) is 25.7 Å². The molecule has 0 unspecified atom stereocenters. The molecule has 0 aliphatic heterocycles. The molecule has 6 atom stereocenters. The van der Waals surface area contributed by atoms with Gasteiger partial charge in [0.25, 0.3) is 0 Å². The highest BCUT2D eigenvalue weighted by Crippen LogP contribution is 2.61. The Hall–Kier alpha value is -0.0800. The average molecular weight is 196 g/mol. The number of hydrogen-bond donors (Lipinski definition) is 2. The summed E-state index contributed by atoms with van der Waals surface area (Å²) >= 11 is 0. The summed E-state index contributed by atoms with van der Waals surface area (Å²) in [5.41, 5.74) is 0. The molecule has 2 nitrogen and oxygen atoms in total. The van der Waals surface area contributed by atoms with Crippen molar-refractivity contribution in [3.8, 4) is 0 Å². The van der Waals surface area contributed by atoms with Gasteiger partial charge in [-0.05, 0) is 61.2 Å². The number of aliphatic hydroxyl groups excluding tert-OH is 2. The summed E-state index contributed by atoms with van der Waals surface area (Å²) in [5, 5.41) is 18.5. The molecular formula is C12H20O2. The number of rotatable bonds is 2. The lowest BCUT2D eigenvalue weighted by molar-refractivity contribution is 0.120. The van der Waals surface area contributed by atoms with E-state index in [0.717, 1.165) is 23.7 Å². The van der Waals surface area contributed by atoms with E-state index in [-0.39, 0.29) is 0 Å². The van der Waals surface area contributed by atoms with Crippen molar-refractivity contribution >= 4 is 0 Å². The van der Waals surface area contributed by atoms with E-state index in [2.05, 4.69) is 0 Å². The van der Waals surface area contributed by atoms with E-state index in [1.807, 2.05) is 0 Å². The molecule has 0 saturated heterocycles. The van der Waals surface area contributed by atoms with Gasteiger partial charge >= 0.3 is 0 Å². The highest BCUT2D eigenvalue weighted by molar-refractivity contribution is 5.04. The minimum absolute atomic E-state index is 0.385. The molecule has 0 amide bonds. The van der Waals surface area contributed by atoms with Crippen LogP contribution >= 0.6 is 0 Å². The zero-order valence-electron chi connectivity index (χ0n) is 8.60. The van der Waals surface area contributed by atoms with E-state index in [1.54, 1.807) is 0 Å². The highest BCUT2D eigenvalue weighted by Gasteiger charge is 2.55. The number of aliphatic hydroxyl groups is 2. The van der Waals surface area contributed by atoms with Gasteiger partial charge in [0.05, 0.1) is 0 Å². The van der Waals surface area contributed by atoms with Crippen LogP contribution in [0.3, 0.4) is 0 Å². The van der Waals surface area contributed by atoms with Crippen LogP contribution in [0.5, 0.6) is 0 Å². The second-order valence-electron chi connectivity index (χ2n) is 5.69. The summed E-state index contributed by atoms with van der Waals surface area (Å²) in [5.74, 6) is 4.61. The molecule has 2 heteroatoms. The molecule has 3 aliphatic carbocycles. The maximum absolute atomic E-state index is 9.28. The highest BCUT2D eigenvalue weighted by atomic mass is 16.3. The fraction of sp³-hybridized carbons (Fsp3) is 1.00. The van der Waals surface area contributed by atoms with Gasteiger partial charge in [-0.2, -0.15) is 0 Å². The largest absolute Gasteiger partial charge is 0.396 e. The Morgan fingerprint density at radius 1 is 0.786 bits per heavy atom. The van der Waals surface area contributed by atoms with Gasteiger partial charge in [0.1, 0.15) is 0 Å². The minimum atomic E-state index is 0.385. The van der Waals surface area contributed by atoms with Gasteiger partial charge in [0, 0.05) is 13.2 Å². The van der Waals surface area contributed by atoms with Crippen molar-refractivity contribution in [1.82, 2.24) is 0 Å². The number of fused-ring (bicyclic) bond motifs is 5. The first-order chi connectivity index (χ1) is 6.83. The maximum Gasteiger partial charge on any atom is 0.0462 e. The second-order valence-corrected chi connectivity index (χ2v) is 5.69. The van der Waals surface area contributed by atoms with Crippen LogP contribution in [0.1, 0.15) is 25.7 Å². The van der Waals surface area contributed by atoms with Crippen molar-refractivity contribution in [2.45, 2.75) is 25.7 Å².